The van der Waals surface area contributed by atoms with Crippen molar-refractivity contribution in [1.29, 1.82) is 0 Å². The Bertz CT molecular complexity index is 325. The molecule has 5 nitrogen and oxygen atoms in total. The molecule has 5 heteroatoms. The summed E-state index contributed by atoms with van der Waals surface area (Å²) in [6.07, 6.45) is 1.54. The first-order valence-corrected chi connectivity index (χ1v) is 5.23. The van der Waals surface area contributed by atoms with E-state index in [-0.39, 0.29) is 0 Å². The van der Waals surface area contributed by atoms with Gasteiger partial charge in [-0.15, -0.1) is 0 Å². The highest BCUT2D eigenvalue weighted by Gasteiger charge is 2.26. The van der Waals surface area contributed by atoms with Crippen LogP contribution in [-0.4, -0.2) is 36.2 Å². The predicted molar refractivity (Wildman–Crippen MR) is 58.0 cm³/mol. The maximum Gasteiger partial charge on any atom is 0.218 e. The third-order valence-electron chi connectivity index (χ3n) is 2.53. The van der Waals surface area contributed by atoms with Crippen molar-refractivity contribution in [2.75, 3.05) is 31.1 Å². The third kappa shape index (κ3) is 2.18. The summed E-state index contributed by atoms with van der Waals surface area (Å²) < 4.78 is 5.32. The molecule has 0 unspecified atom stereocenters. The molecule has 1 aliphatic heterocycles. The van der Waals surface area contributed by atoms with E-state index in [9.17, 15) is 0 Å². The summed E-state index contributed by atoms with van der Waals surface area (Å²) in [5.41, 5.74) is 5.57. The molecule has 82 valence electrons. The fourth-order valence-corrected chi connectivity index (χ4v) is 1.64. The van der Waals surface area contributed by atoms with Crippen LogP contribution in [0.3, 0.4) is 0 Å². The van der Waals surface area contributed by atoms with Gasteiger partial charge >= 0.3 is 0 Å². The molecule has 2 heterocycles. The standard InChI is InChI=1S/C10H16N4O/c1-2-15-10-3-9(12-7-13-10)14-5-8(4-11)6-14/h3,7-8H,2,4-6,11H2,1H3. The zero-order valence-corrected chi connectivity index (χ0v) is 8.89. The van der Waals surface area contributed by atoms with Gasteiger partial charge in [0.15, 0.2) is 0 Å². The largest absolute Gasteiger partial charge is 0.478 e. The summed E-state index contributed by atoms with van der Waals surface area (Å²) >= 11 is 0. The second-order valence-corrected chi connectivity index (χ2v) is 3.65. The van der Waals surface area contributed by atoms with E-state index in [1.165, 1.54) is 6.33 Å². The van der Waals surface area contributed by atoms with E-state index in [1.807, 2.05) is 13.0 Å². The maximum absolute atomic E-state index is 5.57. The molecule has 15 heavy (non-hydrogen) atoms. The van der Waals surface area contributed by atoms with Gasteiger partial charge in [0, 0.05) is 25.1 Å². The average molecular weight is 208 g/mol. The summed E-state index contributed by atoms with van der Waals surface area (Å²) in [4.78, 5) is 10.4. The molecular formula is C10H16N4O. The summed E-state index contributed by atoms with van der Waals surface area (Å²) in [7, 11) is 0. The van der Waals surface area contributed by atoms with Gasteiger partial charge in [-0.05, 0) is 13.5 Å². The molecule has 0 spiro atoms. The fourth-order valence-electron chi connectivity index (χ4n) is 1.64. The van der Waals surface area contributed by atoms with Gasteiger partial charge in [0.05, 0.1) is 6.61 Å². The number of nitrogens with zero attached hydrogens (tertiary/aromatic N) is 3. The first-order chi connectivity index (χ1) is 7.33. The molecule has 1 aromatic heterocycles. The third-order valence-corrected chi connectivity index (χ3v) is 2.53. The maximum atomic E-state index is 5.57. The molecule has 0 bridgehead atoms. The first kappa shape index (κ1) is 10.2. The molecule has 0 radical (unpaired) electrons. The van der Waals surface area contributed by atoms with E-state index in [1.54, 1.807) is 0 Å². The van der Waals surface area contributed by atoms with Gasteiger partial charge in [0.1, 0.15) is 12.1 Å². The summed E-state index contributed by atoms with van der Waals surface area (Å²) in [5.74, 6) is 2.17. The molecule has 2 N–H and O–H groups in total. The van der Waals surface area contributed by atoms with Gasteiger partial charge < -0.3 is 15.4 Å². The highest BCUT2D eigenvalue weighted by atomic mass is 16.5. The second-order valence-electron chi connectivity index (χ2n) is 3.65. The number of hydrogen-bond donors (Lipinski definition) is 1. The van der Waals surface area contributed by atoms with Gasteiger partial charge in [-0.2, -0.15) is 0 Å². The van der Waals surface area contributed by atoms with Crippen LogP contribution in [0.5, 0.6) is 5.88 Å². The van der Waals surface area contributed by atoms with Crippen LogP contribution in [0, 0.1) is 5.92 Å². The Labute approximate surface area is 89.3 Å². The Morgan fingerprint density at radius 2 is 2.33 bits per heavy atom. The number of anilines is 1. The Kier molecular flexibility index (Phi) is 3.01. The molecule has 1 aliphatic rings. The van der Waals surface area contributed by atoms with E-state index >= 15 is 0 Å². The minimum Gasteiger partial charge on any atom is -0.478 e. The van der Waals surface area contributed by atoms with E-state index < -0.39 is 0 Å². The summed E-state index contributed by atoms with van der Waals surface area (Å²) in [6, 6.07) is 1.87. The van der Waals surface area contributed by atoms with Crippen LogP contribution in [-0.2, 0) is 0 Å². The van der Waals surface area contributed by atoms with Crippen LogP contribution in [0.25, 0.3) is 0 Å². The van der Waals surface area contributed by atoms with E-state index in [0.717, 1.165) is 25.5 Å². The minimum absolute atomic E-state index is 0.607. The lowest BCUT2D eigenvalue weighted by molar-refractivity contribution is 0.325. The predicted octanol–water partition coefficient (Wildman–Crippen LogP) is 0.270. The first-order valence-electron chi connectivity index (χ1n) is 5.23. The zero-order chi connectivity index (χ0) is 10.7. The van der Waals surface area contributed by atoms with Gasteiger partial charge in [-0.25, -0.2) is 9.97 Å². The van der Waals surface area contributed by atoms with Gasteiger partial charge in [-0.1, -0.05) is 0 Å². The lowest BCUT2D eigenvalue weighted by atomic mass is 10.0. The number of ether oxygens (including phenoxy) is 1. The van der Waals surface area contributed by atoms with Crippen molar-refractivity contribution in [3.63, 3.8) is 0 Å². The topological polar surface area (TPSA) is 64.3 Å². The normalized spacial score (nSPS) is 16.3. The average Bonchev–Trinajstić information content (AvgIpc) is 2.17. The molecular weight excluding hydrogens is 192 g/mol. The monoisotopic (exact) mass is 208 g/mol. The van der Waals surface area contributed by atoms with Crippen LogP contribution in [0.2, 0.25) is 0 Å². The molecule has 0 aromatic carbocycles. The number of hydrogen-bond acceptors (Lipinski definition) is 5. The van der Waals surface area contributed by atoms with Gasteiger partial charge in [0.25, 0.3) is 0 Å². The Morgan fingerprint density at radius 3 is 3.00 bits per heavy atom. The van der Waals surface area contributed by atoms with Crippen LogP contribution >= 0.6 is 0 Å². The highest BCUT2D eigenvalue weighted by Crippen LogP contribution is 2.23. The Morgan fingerprint density at radius 1 is 1.53 bits per heavy atom. The van der Waals surface area contributed by atoms with Crippen molar-refractivity contribution in [3.05, 3.63) is 12.4 Å². The smallest absolute Gasteiger partial charge is 0.218 e. The molecule has 2 rings (SSSR count). The molecule has 0 saturated carbocycles. The van der Waals surface area contributed by atoms with Crippen LogP contribution < -0.4 is 15.4 Å². The molecule has 1 saturated heterocycles. The minimum atomic E-state index is 0.607. The van der Waals surface area contributed by atoms with Crippen LogP contribution in [0.15, 0.2) is 12.4 Å². The zero-order valence-electron chi connectivity index (χ0n) is 8.89. The molecule has 0 amide bonds. The Hall–Kier alpha value is -1.36. The quantitative estimate of drug-likeness (QED) is 0.769. The van der Waals surface area contributed by atoms with Gasteiger partial charge in [-0.3, -0.25) is 0 Å². The second kappa shape index (κ2) is 4.44. The number of nitrogens with two attached hydrogens (primary N) is 1. The van der Waals surface area contributed by atoms with E-state index in [2.05, 4.69) is 14.9 Å². The van der Waals surface area contributed by atoms with Crippen molar-refractivity contribution in [3.8, 4) is 5.88 Å². The lowest BCUT2D eigenvalue weighted by Crippen LogP contribution is -2.50. The van der Waals surface area contributed by atoms with Gasteiger partial charge in [0.2, 0.25) is 5.88 Å². The SMILES string of the molecule is CCOc1cc(N2CC(CN)C2)ncn1. The number of aromatic nitrogens is 2. The molecule has 0 atom stereocenters. The Balaban J connectivity index is 2.00. The van der Waals surface area contributed by atoms with E-state index in [0.29, 0.717) is 18.4 Å². The molecule has 1 fully saturated rings. The van der Waals surface area contributed by atoms with Crippen LogP contribution in [0.1, 0.15) is 6.92 Å². The lowest BCUT2D eigenvalue weighted by Gasteiger charge is -2.39. The highest BCUT2D eigenvalue weighted by molar-refractivity contribution is 5.43. The number of rotatable bonds is 4. The fraction of sp³-hybridized carbons (Fsp3) is 0.600. The van der Waals surface area contributed by atoms with Crippen LogP contribution in [0.4, 0.5) is 5.82 Å². The van der Waals surface area contributed by atoms with Crippen molar-refractivity contribution in [1.82, 2.24) is 9.97 Å². The summed E-state index contributed by atoms with van der Waals surface area (Å²) in [5, 5.41) is 0. The van der Waals surface area contributed by atoms with Crippen molar-refractivity contribution in [2.24, 2.45) is 11.7 Å². The van der Waals surface area contributed by atoms with Crippen molar-refractivity contribution < 1.29 is 4.74 Å². The van der Waals surface area contributed by atoms with E-state index in [4.69, 9.17) is 10.5 Å². The molecule has 1 aromatic rings. The van der Waals surface area contributed by atoms with Crippen molar-refractivity contribution in [2.45, 2.75) is 6.92 Å². The van der Waals surface area contributed by atoms with Crippen molar-refractivity contribution >= 4 is 5.82 Å². The molecule has 0 aliphatic carbocycles. The summed E-state index contributed by atoms with van der Waals surface area (Å²) in [6.45, 7) is 5.29.